The van der Waals surface area contributed by atoms with Crippen LogP contribution in [0.3, 0.4) is 0 Å². The van der Waals surface area contributed by atoms with Crippen molar-refractivity contribution < 1.29 is 4.79 Å². The Morgan fingerprint density at radius 2 is 2.38 bits per heavy atom. The Labute approximate surface area is 95.2 Å². The molecule has 0 spiro atoms. The molecule has 0 unspecified atom stereocenters. The summed E-state index contributed by atoms with van der Waals surface area (Å²) in [4.78, 5) is 15.7. The lowest BCUT2D eigenvalue weighted by atomic mass is 9.98. The van der Waals surface area contributed by atoms with Crippen molar-refractivity contribution in [2.24, 2.45) is 13.0 Å². The van der Waals surface area contributed by atoms with Crippen LogP contribution in [0.4, 0.5) is 0 Å². The summed E-state index contributed by atoms with van der Waals surface area (Å²) in [6, 6.07) is 0. The van der Waals surface area contributed by atoms with Gasteiger partial charge in [0.25, 0.3) is 5.91 Å². The second-order valence-electron chi connectivity index (χ2n) is 4.29. The topological polar surface area (TPSA) is 59.0 Å². The van der Waals surface area contributed by atoms with Crippen molar-refractivity contribution in [2.75, 3.05) is 19.6 Å². The number of aryl methyl sites for hydroxylation is 1. The zero-order valence-electron chi connectivity index (χ0n) is 9.57. The molecule has 1 aromatic heterocycles. The molecular weight excluding hydrogens is 204 g/mol. The van der Waals surface area contributed by atoms with Gasteiger partial charge in [-0.05, 0) is 31.8 Å². The van der Waals surface area contributed by atoms with E-state index in [9.17, 15) is 4.79 Å². The lowest BCUT2D eigenvalue weighted by Crippen LogP contribution is -2.36. The van der Waals surface area contributed by atoms with Gasteiger partial charge in [0, 0.05) is 13.6 Å². The first-order chi connectivity index (χ1) is 7.77. The van der Waals surface area contributed by atoms with Gasteiger partial charge in [-0.25, -0.2) is 4.98 Å². The van der Waals surface area contributed by atoms with Gasteiger partial charge < -0.3 is 15.2 Å². The normalized spacial score (nSPS) is 17.3. The predicted octanol–water partition coefficient (Wildman–Crippen LogP) is 0.150. The third kappa shape index (κ3) is 2.61. The standard InChI is InChI=1S/C11H18N4O/c1-15-8-13-7-10(15)11(16)14-6-9-2-4-12-5-3-9/h7-9,12H,2-6H2,1H3,(H,14,16). The van der Waals surface area contributed by atoms with E-state index in [1.54, 1.807) is 17.1 Å². The predicted molar refractivity (Wildman–Crippen MR) is 61.1 cm³/mol. The molecular formula is C11H18N4O. The van der Waals surface area contributed by atoms with Crippen LogP contribution in [0, 0.1) is 5.92 Å². The fourth-order valence-corrected chi connectivity index (χ4v) is 1.99. The lowest BCUT2D eigenvalue weighted by molar-refractivity contribution is 0.0936. The summed E-state index contributed by atoms with van der Waals surface area (Å²) in [5.74, 6) is 0.581. The Kier molecular flexibility index (Phi) is 3.56. The number of nitrogens with one attached hydrogen (secondary N) is 2. The van der Waals surface area contributed by atoms with Crippen molar-refractivity contribution in [3.63, 3.8) is 0 Å². The number of nitrogens with zero attached hydrogens (tertiary/aromatic N) is 2. The van der Waals surface area contributed by atoms with Gasteiger partial charge in [0.1, 0.15) is 5.69 Å². The van der Waals surface area contributed by atoms with E-state index in [0.29, 0.717) is 11.6 Å². The van der Waals surface area contributed by atoms with E-state index in [0.717, 1.165) is 32.5 Å². The highest BCUT2D eigenvalue weighted by Gasteiger charge is 2.15. The van der Waals surface area contributed by atoms with Crippen molar-refractivity contribution in [2.45, 2.75) is 12.8 Å². The van der Waals surface area contributed by atoms with E-state index in [4.69, 9.17) is 0 Å². The zero-order valence-corrected chi connectivity index (χ0v) is 9.57. The molecule has 2 rings (SSSR count). The van der Waals surface area contributed by atoms with Gasteiger partial charge in [-0.15, -0.1) is 0 Å². The highest BCUT2D eigenvalue weighted by molar-refractivity contribution is 5.92. The van der Waals surface area contributed by atoms with E-state index < -0.39 is 0 Å². The van der Waals surface area contributed by atoms with Gasteiger partial charge in [0.2, 0.25) is 0 Å². The quantitative estimate of drug-likeness (QED) is 0.765. The highest BCUT2D eigenvalue weighted by Crippen LogP contribution is 2.10. The molecule has 1 aromatic rings. The van der Waals surface area contributed by atoms with Crippen LogP contribution in [0.2, 0.25) is 0 Å². The van der Waals surface area contributed by atoms with Crippen molar-refractivity contribution in [1.29, 1.82) is 0 Å². The molecule has 0 atom stereocenters. The van der Waals surface area contributed by atoms with E-state index in [1.165, 1.54) is 0 Å². The number of hydrogen-bond donors (Lipinski definition) is 2. The minimum atomic E-state index is -0.0291. The number of carbonyl (C=O) groups excluding carboxylic acids is 1. The number of aromatic nitrogens is 2. The largest absolute Gasteiger partial charge is 0.350 e. The first-order valence-corrected chi connectivity index (χ1v) is 5.72. The third-order valence-electron chi connectivity index (χ3n) is 3.06. The van der Waals surface area contributed by atoms with Crippen molar-refractivity contribution in [3.05, 3.63) is 18.2 Å². The molecule has 2 N–H and O–H groups in total. The van der Waals surface area contributed by atoms with Crippen LogP contribution in [-0.2, 0) is 7.05 Å². The summed E-state index contributed by atoms with van der Waals surface area (Å²) in [5.41, 5.74) is 0.619. The smallest absolute Gasteiger partial charge is 0.269 e. The number of rotatable bonds is 3. The molecule has 1 amide bonds. The molecule has 1 aliphatic heterocycles. The summed E-state index contributed by atoms with van der Waals surface area (Å²) in [6.07, 6.45) is 5.52. The molecule has 88 valence electrons. The number of hydrogen-bond acceptors (Lipinski definition) is 3. The van der Waals surface area contributed by atoms with E-state index in [1.807, 2.05) is 7.05 Å². The number of carbonyl (C=O) groups is 1. The Morgan fingerprint density at radius 3 is 3.00 bits per heavy atom. The molecule has 1 saturated heterocycles. The molecule has 5 nitrogen and oxygen atoms in total. The SMILES string of the molecule is Cn1cncc1C(=O)NCC1CCNCC1. The molecule has 0 aliphatic carbocycles. The number of piperidine rings is 1. The Bertz CT molecular complexity index is 355. The molecule has 1 fully saturated rings. The fraction of sp³-hybridized carbons (Fsp3) is 0.636. The van der Waals surface area contributed by atoms with Gasteiger partial charge in [-0.3, -0.25) is 4.79 Å². The van der Waals surface area contributed by atoms with Crippen molar-refractivity contribution in [3.8, 4) is 0 Å². The second-order valence-corrected chi connectivity index (χ2v) is 4.29. The number of imidazole rings is 1. The summed E-state index contributed by atoms with van der Waals surface area (Å²) in [6.45, 7) is 2.89. The van der Waals surface area contributed by atoms with Crippen LogP contribution >= 0.6 is 0 Å². The maximum Gasteiger partial charge on any atom is 0.269 e. The fourth-order valence-electron chi connectivity index (χ4n) is 1.99. The van der Waals surface area contributed by atoms with Crippen LogP contribution < -0.4 is 10.6 Å². The Morgan fingerprint density at radius 1 is 1.62 bits per heavy atom. The molecule has 16 heavy (non-hydrogen) atoms. The molecule has 0 bridgehead atoms. The lowest BCUT2D eigenvalue weighted by Gasteiger charge is -2.22. The zero-order chi connectivity index (χ0) is 11.4. The minimum absolute atomic E-state index is 0.0291. The molecule has 0 saturated carbocycles. The average Bonchev–Trinajstić information content (AvgIpc) is 2.74. The monoisotopic (exact) mass is 222 g/mol. The third-order valence-corrected chi connectivity index (χ3v) is 3.06. The Balaban J connectivity index is 1.81. The van der Waals surface area contributed by atoms with Gasteiger partial charge in [-0.2, -0.15) is 0 Å². The molecule has 0 aromatic carbocycles. The summed E-state index contributed by atoms with van der Waals surface area (Å²) in [7, 11) is 1.83. The summed E-state index contributed by atoms with van der Waals surface area (Å²) in [5, 5.41) is 6.28. The van der Waals surface area contributed by atoms with Gasteiger partial charge in [-0.1, -0.05) is 0 Å². The van der Waals surface area contributed by atoms with Crippen molar-refractivity contribution in [1.82, 2.24) is 20.2 Å². The molecule has 2 heterocycles. The van der Waals surface area contributed by atoms with Crippen LogP contribution in [-0.4, -0.2) is 35.1 Å². The molecule has 5 heteroatoms. The van der Waals surface area contributed by atoms with E-state index in [-0.39, 0.29) is 5.91 Å². The van der Waals surface area contributed by atoms with Gasteiger partial charge in [0.15, 0.2) is 0 Å². The van der Waals surface area contributed by atoms with Crippen LogP contribution in [0.15, 0.2) is 12.5 Å². The van der Waals surface area contributed by atoms with Gasteiger partial charge in [0.05, 0.1) is 12.5 Å². The summed E-state index contributed by atoms with van der Waals surface area (Å²) < 4.78 is 1.73. The summed E-state index contributed by atoms with van der Waals surface area (Å²) >= 11 is 0. The van der Waals surface area contributed by atoms with Gasteiger partial charge >= 0.3 is 0 Å². The Hall–Kier alpha value is -1.36. The van der Waals surface area contributed by atoms with Crippen molar-refractivity contribution >= 4 is 5.91 Å². The first kappa shape index (κ1) is 11.1. The minimum Gasteiger partial charge on any atom is -0.350 e. The number of amides is 1. The second kappa shape index (κ2) is 5.12. The van der Waals surface area contributed by atoms with E-state index in [2.05, 4.69) is 15.6 Å². The van der Waals surface area contributed by atoms with Crippen LogP contribution in [0.25, 0.3) is 0 Å². The van der Waals surface area contributed by atoms with E-state index >= 15 is 0 Å². The van der Waals surface area contributed by atoms with Crippen LogP contribution in [0.1, 0.15) is 23.3 Å². The van der Waals surface area contributed by atoms with Crippen LogP contribution in [0.5, 0.6) is 0 Å². The maximum absolute atomic E-state index is 11.8. The maximum atomic E-state index is 11.8. The molecule has 1 aliphatic rings. The first-order valence-electron chi connectivity index (χ1n) is 5.72. The highest BCUT2D eigenvalue weighted by atomic mass is 16.1. The molecule has 0 radical (unpaired) electrons. The average molecular weight is 222 g/mol.